The monoisotopic (exact) mass is 125 g/mol. The van der Waals surface area contributed by atoms with E-state index in [-0.39, 0.29) is 0 Å². The van der Waals surface area contributed by atoms with Crippen LogP contribution in [-0.2, 0) is 0 Å². The van der Waals surface area contributed by atoms with E-state index in [1.807, 2.05) is 12.1 Å². The third-order valence-corrected chi connectivity index (χ3v) is 1.23. The van der Waals surface area contributed by atoms with Gasteiger partial charge in [-0.3, -0.25) is 0 Å². The molecule has 0 saturated heterocycles. The highest BCUT2D eigenvalue weighted by Gasteiger charge is 1.83. The van der Waals surface area contributed by atoms with Gasteiger partial charge in [-0.2, -0.15) is 0 Å². The quantitative estimate of drug-likeness (QED) is 0.580. The maximum Gasteiger partial charge on any atom is 0.0429 e. The first-order chi connectivity index (χ1) is 3.93. The molecule has 1 radical (unpaired) electrons. The number of hydrogen-bond donors (Lipinski definition) is 1. The molecule has 8 heavy (non-hydrogen) atoms. The summed E-state index contributed by atoms with van der Waals surface area (Å²) in [4.78, 5) is 0.757. The van der Waals surface area contributed by atoms with E-state index in [0.717, 1.165) is 4.90 Å². The maximum atomic E-state index is 8.42. The minimum absolute atomic E-state index is 0.713. The van der Waals surface area contributed by atoms with Gasteiger partial charge in [-0.1, -0.05) is 18.2 Å². The SMILES string of the molecule is OSc1[c]cccc1. The van der Waals surface area contributed by atoms with Crippen LogP contribution in [-0.4, -0.2) is 4.55 Å². The summed E-state index contributed by atoms with van der Waals surface area (Å²) in [5.41, 5.74) is 0. The molecule has 0 heterocycles. The number of hydrogen-bond acceptors (Lipinski definition) is 2. The summed E-state index contributed by atoms with van der Waals surface area (Å²) in [5, 5.41) is 0. The third-order valence-electron chi connectivity index (χ3n) is 0.779. The molecular formula is C6H5OS. The van der Waals surface area contributed by atoms with Crippen molar-refractivity contribution in [1.29, 1.82) is 0 Å². The lowest BCUT2D eigenvalue weighted by atomic mass is 10.4. The molecule has 0 fully saturated rings. The van der Waals surface area contributed by atoms with Crippen LogP contribution in [0.15, 0.2) is 29.2 Å². The van der Waals surface area contributed by atoms with Gasteiger partial charge in [0, 0.05) is 16.9 Å². The lowest BCUT2D eigenvalue weighted by Crippen LogP contribution is -1.64. The van der Waals surface area contributed by atoms with Gasteiger partial charge in [-0.05, 0) is 12.1 Å². The second kappa shape index (κ2) is 2.74. The van der Waals surface area contributed by atoms with Gasteiger partial charge in [0.05, 0.1) is 0 Å². The average molecular weight is 125 g/mol. The van der Waals surface area contributed by atoms with E-state index in [1.54, 1.807) is 12.1 Å². The van der Waals surface area contributed by atoms with Crippen LogP contribution >= 0.6 is 12.0 Å². The van der Waals surface area contributed by atoms with E-state index in [1.165, 1.54) is 0 Å². The zero-order valence-corrected chi connectivity index (χ0v) is 4.98. The highest BCUT2D eigenvalue weighted by atomic mass is 32.2. The lowest BCUT2D eigenvalue weighted by molar-refractivity contribution is 0.663. The normalized spacial score (nSPS) is 9.12. The Kier molecular flexibility index (Phi) is 1.94. The highest BCUT2D eigenvalue weighted by molar-refractivity contribution is 7.93. The van der Waals surface area contributed by atoms with Crippen molar-refractivity contribution in [3.8, 4) is 0 Å². The van der Waals surface area contributed by atoms with Gasteiger partial charge < -0.3 is 4.55 Å². The van der Waals surface area contributed by atoms with Gasteiger partial charge >= 0.3 is 0 Å². The number of rotatable bonds is 1. The minimum atomic E-state index is 0.713. The van der Waals surface area contributed by atoms with Gasteiger partial charge in [0.1, 0.15) is 0 Å². The fourth-order valence-electron chi connectivity index (χ4n) is 0.434. The van der Waals surface area contributed by atoms with Crippen LogP contribution in [0.4, 0.5) is 0 Å². The minimum Gasteiger partial charge on any atom is -0.325 e. The van der Waals surface area contributed by atoms with Crippen molar-refractivity contribution in [2.24, 2.45) is 0 Å². The zero-order chi connectivity index (χ0) is 5.82. The van der Waals surface area contributed by atoms with Crippen LogP contribution in [0.25, 0.3) is 0 Å². The summed E-state index contributed by atoms with van der Waals surface area (Å²) in [6.45, 7) is 0. The van der Waals surface area contributed by atoms with Crippen LogP contribution in [0.5, 0.6) is 0 Å². The van der Waals surface area contributed by atoms with Gasteiger partial charge in [-0.25, -0.2) is 0 Å². The van der Waals surface area contributed by atoms with E-state index in [9.17, 15) is 0 Å². The molecule has 0 aromatic heterocycles. The Hall–Kier alpha value is -0.470. The van der Waals surface area contributed by atoms with Crippen molar-refractivity contribution < 1.29 is 4.55 Å². The third kappa shape index (κ3) is 1.25. The summed E-state index contributed by atoms with van der Waals surface area (Å²) in [5.74, 6) is 0. The first-order valence-electron chi connectivity index (χ1n) is 2.21. The summed E-state index contributed by atoms with van der Waals surface area (Å²) in [6.07, 6.45) is 0. The Labute approximate surface area is 52.6 Å². The molecule has 0 aliphatic heterocycles. The van der Waals surface area contributed by atoms with Crippen LogP contribution in [0.2, 0.25) is 0 Å². The van der Waals surface area contributed by atoms with Gasteiger partial charge in [0.25, 0.3) is 0 Å². The Balaban J connectivity index is 2.83. The topological polar surface area (TPSA) is 20.2 Å². The van der Waals surface area contributed by atoms with Crippen molar-refractivity contribution >= 4 is 12.0 Å². The van der Waals surface area contributed by atoms with Crippen molar-refractivity contribution in [3.63, 3.8) is 0 Å². The van der Waals surface area contributed by atoms with E-state index in [0.29, 0.717) is 12.0 Å². The highest BCUT2D eigenvalue weighted by Crippen LogP contribution is 2.10. The zero-order valence-electron chi connectivity index (χ0n) is 4.16. The van der Waals surface area contributed by atoms with E-state index in [2.05, 4.69) is 6.07 Å². The molecule has 1 nitrogen and oxygen atoms in total. The predicted molar refractivity (Wildman–Crippen MR) is 33.8 cm³/mol. The first kappa shape index (κ1) is 5.66. The van der Waals surface area contributed by atoms with Crippen molar-refractivity contribution in [1.82, 2.24) is 0 Å². The molecule has 1 N–H and O–H groups in total. The molecule has 1 aromatic rings. The predicted octanol–water partition coefficient (Wildman–Crippen LogP) is 2.05. The van der Waals surface area contributed by atoms with Crippen molar-refractivity contribution in [2.45, 2.75) is 4.90 Å². The van der Waals surface area contributed by atoms with Gasteiger partial charge in [-0.15, -0.1) is 0 Å². The standard InChI is InChI=1S/C6H5OS/c7-8-6-4-2-1-3-5-6/h1-4,7H. The largest absolute Gasteiger partial charge is 0.325 e. The second-order valence-corrected chi connectivity index (χ2v) is 1.94. The Morgan fingerprint density at radius 1 is 1.50 bits per heavy atom. The van der Waals surface area contributed by atoms with E-state index in [4.69, 9.17) is 4.55 Å². The molecule has 0 aliphatic carbocycles. The first-order valence-corrected chi connectivity index (χ1v) is 2.99. The maximum absolute atomic E-state index is 8.42. The molecule has 2 heteroatoms. The Bertz CT molecular complexity index is 150. The Morgan fingerprint density at radius 2 is 2.38 bits per heavy atom. The van der Waals surface area contributed by atoms with E-state index >= 15 is 0 Å². The fraction of sp³-hybridized carbons (Fsp3) is 0. The molecule has 0 spiro atoms. The van der Waals surface area contributed by atoms with Crippen LogP contribution in [0.1, 0.15) is 0 Å². The van der Waals surface area contributed by atoms with Crippen LogP contribution in [0, 0.1) is 6.07 Å². The molecule has 41 valence electrons. The molecule has 0 bridgehead atoms. The van der Waals surface area contributed by atoms with Crippen LogP contribution in [0.3, 0.4) is 0 Å². The van der Waals surface area contributed by atoms with Crippen LogP contribution < -0.4 is 0 Å². The summed E-state index contributed by atoms with van der Waals surface area (Å²) in [7, 11) is 0. The van der Waals surface area contributed by atoms with Crippen molar-refractivity contribution in [3.05, 3.63) is 30.3 Å². The molecule has 0 saturated carbocycles. The van der Waals surface area contributed by atoms with Gasteiger partial charge in [0.15, 0.2) is 0 Å². The molecular weight excluding hydrogens is 120 g/mol. The lowest BCUT2D eigenvalue weighted by Gasteiger charge is -1.86. The molecule has 0 amide bonds. The Morgan fingerprint density at radius 3 is 2.75 bits per heavy atom. The van der Waals surface area contributed by atoms with Gasteiger partial charge in [0.2, 0.25) is 0 Å². The summed E-state index contributed by atoms with van der Waals surface area (Å²) in [6, 6.07) is 10.1. The fourth-order valence-corrected chi connectivity index (χ4v) is 0.694. The van der Waals surface area contributed by atoms with Crippen molar-refractivity contribution in [2.75, 3.05) is 0 Å². The summed E-state index contributed by atoms with van der Waals surface area (Å²) < 4.78 is 8.42. The molecule has 0 atom stereocenters. The molecule has 1 rings (SSSR count). The molecule has 1 aromatic carbocycles. The number of benzene rings is 1. The molecule has 0 unspecified atom stereocenters. The summed E-state index contributed by atoms with van der Waals surface area (Å²) >= 11 is 0.713. The van der Waals surface area contributed by atoms with E-state index < -0.39 is 0 Å². The second-order valence-electron chi connectivity index (χ2n) is 1.32. The smallest absolute Gasteiger partial charge is 0.0429 e. The average Bonchev–Trinajstić information content (AvgIpc) is 1.90. The molecule has 0 aliphatic rings.